The van der Waals surface area contributed by atoms with Gasteiger partial charge >= 0.3 is 0 Å². The summed E-state index contributed by atoms with van der Waals surface area (Å²) in [6.07, 6.45) is 0. The molecule has 0 unspecified atom stereocenters. The first-order valence-electron chi connectivity index (χ1n) is 5.73. The number of halogens is 1. The Balaban J connectivity index is 2.37. The summed E-state index contributed by atoms with van der Waals surface area (Å²) in [6.45, 7) is 1.90. The summed E-state index contributed by atoms with van der Waals surface area (Å²) in [7, 11) is -4.65. The summed E-state index contributed by atoms with van der Waals surface area (Å²) < 4.78 is 50.6. The predicted octanol–water partition coefficient (Wildman–Crippen LogP) is 0.469. The maximum absolute atomic E-state index is 13.4. The Kier molecular flexibility index (Phi) is 3.93. The normalized spacial score (nSPS) is 18.6. The average Bonchev–Trinajstić information content (AvgIpc) is 2.35. The zero-order chi connectivity index (χ0) is 14.2. The zero-order valence-corrected chi connectivity index (χ0v) is 12.1. The lowest BCUT2D eigenvalue weighted by molar-refractivity contribution is 0.438. The summed E-state index contributed by atoms with van der Waals surface area (Å²) in [6, 6.07) is 2.40. The third-order valence-corrected chi connectivity index (χ3v) is 6.18. The number of aryl methyl sites for hydroxylation is 1. The second-order valence-corrected chi connectivity index (χ2v) is 8.03. The van der Waals surface area contributed by atoms with Crippen molar-refractivity contribution < 1.29 is 17.0 Å². The van der Waals surface area contributed by atoms with Gasteiger partial charge in [-0.1, -0.05) is 0 Å². The van der Waals surface area contributed by atoms with Crippen molar-refractivity contribution >= 4 is 26.5 Å². The highest BCUT2D eigenvalue weighted by Gasteiger charge is 2.28. The molecule has 0 saturated carbocycles. The molecule has 0 bridgehead atoms. The van der Waals surface area contributed by atoms with Crippen LogP contribution in [0.2, 0.25) is 0 Å². The first-order valence-corrected chi connectivity index (χ1v) is 8.66. The molecule has 1 fully saturated rings. The molecule has 19 heavy (non-hydrogen) atoms. The van der Waals surface area contributed by atoms with E-state index in [1.807, 2.05) is 0 Å². The van der Waals surface area contributed by atoms with Gasteiger partial charge in [0.05, 0.1) is 10.6 Å². The van der Waals surface area contributed by atoms with Crippen molar-refractivity contribution in [1.82, 2.24) is 4.31 Å². The number of nitrogens with two attached hydrogens (primary N) is 1. The SMILES string of the molecule is Cc1cc(S(=O)(=O)N2CCS(=O)CC2)cc(N)c1F. The van der Waals surface area contributed by atoms with Crippen molar-refractivity contribution in [3.05, 3.63) is 23.5 Å². The third-order valence-electron chi connectivity index (χ3n) is 3.03. The average molecular weight is 306 g/mol. The monoisotopic (exact) mass is 306 g/mol. The van der Waals surface area contributed by atoms with Gasteiger partial charge in [-0.25, -0.2) is 12.8 Å². The summed E-state index contributed by atoms with van der Waals surface area (Å²) in [5, 5.41) is 0. The van der Waals surface area contributed by atoms with Gasteiger partial charge in [-0.3, -0.25) is 4.21 Å². The van der Waals surface area contributed by atoms with Crippen LogP contribution in [-0.4, -0.2) is 41.5 Å². The van der Waals surface area contributed by atoms with Gasteiger partial charge in [-0.2, -0.15) is 4.31 Å². The fourth-order valence-corrected chi connectivity index (χ4v) is 4.77. The Morgan fingerprint density at radius 1 is 1.32 bits per heavy atom. The minimum atomic E-state index is -3.70. The van der Waals surface area contributed by atoms with E-state index in [9.17, 15) is 17.0 Å². The topological polar surface area (TPSA) is 80.5 Å². The lowest BCUT2D eigenvalue weighted by atomic mass is 10.2. The van der Waals surface area contributed by atoms with Gasteiger partial charge in [0.25, 0.3) is 0 Å². The van der Waals surface area contributed by atoms with Crippen LogP contribution in [0.25, 0.3) is 0 Å². The van der Waals surface area contributed by atoms with Gasteiger partial charge < -0.3 is 5.73 Å². The van der Waals surface area contributed by atoms with Gasteiger partial charge in [0.2, 0.25) is 10.0 Å². The van der Waals surface area contributed by atoms with E-state index in [1.165, 1.54) is 17.3 Å². The zero-order valence-electron chi connectivity index (χ0n) is 10.4. The lowest BCUT2D eigenvalue weighted by Gasteiger charge is -2.25. The quantitative estimate of drug-likeness (QED) is 0.805. The van der Waals surface area contributed by atoms with Crippen LogP contribution in [0.15, 0.2) is 17.0 Å². The van der Waals surface area contributed by atoms with E-state index < -0.39 is 26.6 Å². The van der Waals surface area contributed by atoms with Crippen molar-refractivity contribution in [1.29, 1.82) is 0 Å². The molecule has 106 valence electrons. The number of sulfonamides is 1. The molecule has 0 aromatic heterocycles. The molecule has 0 spiro atoms. The molecule has 1 aliphatic heterocycles. The summed E-state index contributed by atoms with van der Waals surface area (Å²) >= 11 is 0. The number of hydrogen-bond acceptors (Lipinski definition) is 4. The summed E-state index contributed by atoms with van der Waals surface area (Å²) in [5.41, 5.74) is 5.48. The molecule has 0 atom stereocenters. The van der Waals surface area contributed by atoms with E-state index in [2.05, 4.69) is 0 Å². The maximum Gasteiger partial charge on any atom is 0.243 e. The minimum Gasteiger partial charge on any atom is -0.396 e. The highest BCUT2D eigenvalue weighted by molar-refractivity contribution is 7.89. The second kappa shape index (κ2) is 5.18. The highest BCUT2D eigenvalue weighted by Crippen LogP contribution is 2.24. The van der Waals surface area contributed by atoms with Crippen LogP contribution in [0.4, 0.5) is 10.1 Å². The Morgan fingerprint density at radius 3 is 2.42 bits per heavy atom. The Morgan fingerprint density at radius 2 is 1.89 bits per heavy atom. The van der Waals surface area contributed by atoms with Crippen molar-refractivity contribution in [2.24, 2.45) is 0 Å². The van der Waals surface area contributed by atoms with Crippen molar-refractivity contribution in [2.45, 2.75) is 11.8 Å². The number of hydrogen-bond donors (Lipinski definition) is 1. The van der Waals surface area contributed by atoms with E-state index >= 15 is 0 Å². The number of anilines is 1. The Bertz CT molecular complexity index is 598. The molecule has 5 nitrogen and oxygen atoms in total. The van der Waals surface area contributed by atoms with Crippen LogP contribution < -0.4 is 5.73 Å². The molecule has 2 N–H and O–H groups in total. The second-order valence-electron chi connectivity index (χ2n) is 4.40. The number of nitrogens with zero attached hydrogens (tertiary/aromatic N) is 1. The Labute approximate surface area is 114 Å². The maximum atomic E-state index is 13.4. The van der Waals surface area contributed by atoms with Gasteiger partial charge in [-0.05, 0) is 24.6 Å². The smallest absolute Gasteiger partial charge is 0.243 e. The van der Waals surface area contributed by atoms with E-state index in [-0.39, 0.29) is 29.2 Å². The molecule has 8 heteroatoms. The molecular formula is C11H15FN2O3S2. The van der Waals surface area contributed by atoms with Gasteiger partial charge in [0, 0.05) is 35.4 Å². The summed E-state index contributed by atoms with van der Waals surface area (Å²) in [4.78, 5) is -0.0171. The first-order chi connectivity index (χ1) is 8.82. The van der Waals surface area contributed by atoms with E-state index in [4.69, 9.17) is 5.73 Å². The fraction of sp³-hybridized carbons (Fsp3) is 0.455. The minimum absolute atomic E-state index is 0.0171. The van der Waals surface area contributed by atoms with Crippen LogP contribution in [0.1, 0.15) is 5.56 Å². The van der Waals surface area contributed by atoms with Gasteiger partial charge in [-0.15, -0.1) is 0 Å². The van der Waals surface area contributed by atoms with E-state index in [0.29, 0.717) is 11.5 Å². The van der Waals surface area contributed by atoms with Crippen LogP contribution in [0, 0.1) is 12.7 Å². The van der Waals surface area contributed by atoms with Gasteiger partial charge in [0.1, 0.15) is 5.82 Å². The van der Waals surface area contributed by atoms with Crippen molar-refractivity contribution in [2.75, 3.05) is 30.3 Å². The van der Waals surface area contributed by atoms with E-state index in [1.54, 1.807) is 0 Å². The number of rotatable bonds is 2. The van der Waals surface area contributed by atoms with Crippen LogP contribution in [0.3, 0.4) is 0 Å². The van der Waals surface area contributed by atoms with Gasteiger partial charge in [0.15, 0.2) is 0 Å². The molecule has 1 aromatic carbocycles. The molecule has 2 rings (SSSR count). The molecule has 0 amide bonds. The van der Waals surface area contributed by atoms with Crippen LogP contribution >= 0.6 is 0 Å². The Hall–Kier alpha value is -0.990. The molecule has 0 aliphatic carbocycles. The van der Waals surface area contributed by atoms with Crippen molar-refractivity contribution in [3.8, 4) is 0 Å². The molecule has 1 aromatic rings. The number of nitrogen functional groups attached to an aromatic ring is 1. The van der Waals surface area contributed by atoms with Crippen LogP contribution in [-0.2, 0) is 20.8 Å². The molecule has 1 aliphatic rings. The number of benzene rings is 1. The molecular weight excluding hydrogens is 291 g/mol. The van der Waals surface area contributed by atoms with E-state index in [0.717, 1.165) is 6.07 Å². The fourth-order valence-electron chi connectivity index (χ4n) is 1.92. The predicted molar refractivity (Wildman–Crippen MR) is 72.2 cm³/mol. The van der Waals surface area contributed by atoms with Crippen LogP contribution in [0.5, 0.6) is 0 Å². The third kappa shape index (κ3) is 2.80. The standard InChI is InChI=1S/C11H15FN2O3S2/c1-8-6-9(7-10(13)11(8)12)19(16,17)14-2-4-18(15)5-3-14/h6-7H,2-5,13H2,1H3. The molecule has 0 radical (unpaired) electrons. The molecule has 1 saturated heterocycles. The summed E-state index contributed by atoms with van der Waals surface area (Å²) in [5.74, 6) is 0.0581. The van der Waals surface area contributed by atoms with Crippen molar-refractivity contribution in [3.63, 3.8) is 0 Å². The largest absolute Gasteiger partial charge is 0.396 e. The molecule has 1 heterocycles. The lowest BCUT2D eigenvalue weighted by Crippen LogP contribution is -2.41. The highest BCUT2D eigenvalue weighted by atomic mass is 32.2. The first kappa shape index (κ1) is 14.4.